The van der Waals surface area contributed by atoms with E-state index in [0.29, 0.717) is 0 Å². The topological polar surface area (TPSA) is 30.5 Å². The van der Waals surface area contributed by atoms with E-state index in [1.807, 2.05) is 11.3 Å². The lowest BCUT2D eigenvalue weighted by molar-refractivity contribution is -0.119. The predicted octanol–water partition coefficient (Wildman–Crippen LogP) is 2.41. The van der Waals surface area contributed by atoms with Crippen molar-refractivity contribution in [1.29, 1.82) is 0 Å². The van der Waals surface area contributed by atoms with Crippen LogP contribution in [0.4, 0.5) is 0 Å². The smallest absolute Gasteiger partial charge is 0.171 e. The van der Waals surface area contributed by atoms with E-state index < -0.39 is 0 Å². The fourth-order valence-electron chi connectivity index (χ4n) is 1.57. The number of nitrogens with one attached hydrogen (secondary N) is 1. The van der Waals surface area contributed by atoms with Gasteiger partial charge in [-0.15, -0.1) is 11.3 Å². The van der Waals surface area contributed by atoms with Gasteiger partial charge >= 0.3 is 0 Å². The molecule has 92 valence electrons. The minimum atomic E-state index is -0.189. The Bertz CT molecular complexity index is 297. The summed E-state index contributed by atoms with van der Waals surface area (Å²) in [5.41, 5.74) is 0. The molecule has 16 heavy (non-hydrogen) atoms. The molecule has 4 heteroatoms. The van der Waals surface area contributed by atoms with E-state index in [9.17, 15) is 0 Å². The molecule has 1 atom stereocenters. The van der Waals surface area contributed by atoms with Gasteiger partial charge in [0, 0.05) is 30.5 Å². The molecule has 1 unspecified atom stereocenters. The molecule has 0 fully saturated rings. The number of methoxy groups -OCH3 is 2. The normalized spacial score (nSPS) is 13.3. The lowest BCUT2D eigenvalue weighted by atomic mass is 10.3. The van der Waals surface area contributed by atoms with Gasteiger partial charge < -0.3 is 14.8 Å². The van der Waals surface area contributed by atoms with Crippen molar-refractivity contribution in [2.45, 2.75) is 39.1 Å². The minimum Gasteiger partial charge on any atom is -0.354 e. The highest BCUT2D eigenvalue weighted by Gasteiger charge is 2.14. The largest absolute Gasteiger partial charge is 0.354 e. The predicted molar refractivity (Wildman–Crippen MR) is 67.8 cm³/mol. The van der Waals surface area contributed by atoms with E-state index in [4.69, 9.17) is 9.47 Å². The second-order valence-electron chi connectivity index (χ2n) is 3.73. The van der Waals surface area contributed by atoms with Crippen molar-refractivity contribution in [3.63, 3.8) is 0 Å². The molecule has 0 aliphatic heterocycles. The molecule has 0 aliphatic carbocycles. The second-order valence-corrected chi connectivity index (χ2v) is 4.98. The van der Waals surface area contributed by atoms with E-state index in [-0.39, 0.29) is 12.3 Å². The molecule has 0 saturated heterocycles. The Morgan fingerprint density at radius 3 is 2.38 bits per heavy atom. The Balaban J connectivity index is 2.38. The molecule has 0 spiro atoms. The molecule has 0 amide bonds. The van der Waals surface area contributed by atoms with E-state index in [0.717, 1.165) is 13.0 Å². The lowest BCUT2D eigenvalue weighted by Gasteiger charge is -2.21. The van der Waals surface area contributed by atoms with E-state index in [1.54, 1.807) is 14.2 Å². The molecule has 1 aromatic heterocycles. The van der Waals surface area contributed by atoms with Crippen LogP contribution < -0.4 is 5.32 Å². The summed E-state index contributed by atoms with van der Waals surface area (Å²) in [5.74, 6) is 0. The van der Waals surface area contributed by atoms with Gasteiger partial charge in [0.2, 0.25) is 0 Å². The maximum atomic E-state index is 5.19. The Labute approximate surface area is 102 Å². The number of aryl methyl sites for hydroxylation is 1. The SMILES string of the molecule is CCc1ccc(CNC(C)C(OC)OC)s1. The number of hydrogen-bond donors (Lipinski definition) is 1. The van der Waals surface area contributed by atoms with Gasteiger partial charge in [0.1, 0.15) is 0 Å². The van der Waals surface area contributed by atoms with Crippen LogP contribution in [-0.2, 0) is 22.4 Å². The van der Waals surface area contributed by atoms with Crippen molar-refractivity contribution >= 4 is 11.3 Å². The van der Waals surface area contributed by atoms with Crippen LogP contribution in [0.25, 0.3) is 0 Å². The van der Waals surface area contributed by atoms with Crippen molar-refractivity contribution in [2.24, 2.45) is 0 Å². The van der Waals surface area contributed by atoms with Gasteiger partial charge in [-0.05, 0) is 25.5 Å². The molecule has 0 radical (unpaired) electrons. The van der Waals surface area contributed by atoms with E-state index >= 15 is 0 Å². The van der Waals surface area contributed by atoms with Crippen molar-refractivity contribution in [2.75, 3.05) is 14.2 Å². The molecule has 1 aromatic rings. The Kier molecular flexibility index (Phi) is 5.98. The summed E-state index contributed by atoms with van der Waals surface area (Å²) in [4.78, 5) is 2.79. The van der Waals surface area contributed by atoms with Gasteiger partial charge in [0.05, 0.1) is 6.04 Å². The molecule has 0 saturated carbocycles. The highest BCUT2D eigenvalue weighted by molar-refractivity contribution is 7.11. The quantitative estimate of drug-likeness (QED) is 0.746. The zero-order valence-electron chi connectivity index (χ0n) is 10.4. The first-order valence-electron chi connectivity index (χ1n) is 5.57. The second kappa shape index (κ2) is 7.01. The van der Waals surface area contributed by atoms with Crippen LogP contribution in [0.15, 0.2) is 12.1 Å². The molecule has 0 bridgehead atoms. The first-order chi connectivity index (χ1) is 7.71. The van der Waals surface area contributed by atoms with Gasteiger partial charge in [-0.3, -0.25) is 0 Å². The van der Waals surface area contributed by atoms with Crippen LogP contribution in [0.1, 0.15) is 23.6 Å². The maximum absolute atomic E-state index is 5.19. The molecule has 3 nitrogen and oxygen atoms in total. The summed E-state index contributed by atoms with van der Waals surface area (Å²) in [6.45, 7) is 5.11. The van der Waals surface area contributed by atoms with Gasteiger partial charge in [0.25, 0.3) is 0 Å². The van der Waals surface area contributed by atoms with Crippen LogP contribution in [0, 0.1) is 0 Å². The molecule has 1 rings (SSSR count). The summed E-state index contributed by atoms with van der Waals surface area (Å²) in [5, 5.41) is 3.40. The summed E-state index contributed by atoms with van der Waals surface area (Å²) < 4.78 is 10.4. The third-order valence-corrected chi connectivity index (χ3v) is 3.77. The Morgan fingerprint density at radius 1 is 1.25 bits per heavy atom. The maximum Gasteiger partial charge on any atom is 0.171 e. The zero-order valence-corrected chi connectivity index (χ0v) is 11.3. The number of ether oxygens (including phenoxy) is 2. The van der Waals surface area contributed by atoms with Gasteiger partial charge in [-0.25, -0.2) is 0 Å². The van der Waals surface area contributed by atoms with Crippen molar-refractivity contribution in [3.05, 3.63) is 21.9 Å². The number of hydrogen-bond acceptors (Lipinski definition) is 4. The molecule has 1 N–H and O–H groups in total. The summed E-state index contributed by atoms with van der Waals surface area (Å²) in [6.07, 6.45) is 0.921. The monoisotopic (exact) mass is 243 g/mol. The first-order valence-corrected chi connectivity index (χ1v) is 6.39. The van der Waals surface area contributed by atoms with Gasteiger partial charge in [-0.2, -0.15) is 0 Å². The highest BCUT2D eigenvalue weighted by atomic mass is 32.1. The third kappa shape index (κ3) is 3.87. The molecule has 0 aromatic carbocycles. The van der Waals surface area contributed by atoms with Crippen LogP contribution >= 0.6 is 11.3 Å². The summed E-state index contributed by atoms with van der Waals surface area (Å²) in [6, 6.07) is 4.55. The third-order valence-electron chi connectivity index (χ3n) is 2.54. The molecular weight excluding hydrogens is 222 g/mol. The number of thiophene rings is 1. The van der Waals surface area contributed by atoms with Crippen molar-refractivity contribution in [3.8, 4) is 0 Å². The van der Waals surface area contributed by atoms with Gasteiger partial charge in [0.15, 0.2) is 6.29 Å². The minimum absolute atomic E-state index is 0.183. The number of rotatable bonds is 7. The molecule has 1 heterocycles. The fourth-order valence-corrected chi connectivity index (χ4v) is 2.48. The molecular formula is C12H21NO2S. The van der Waals surface area contributed by atoms with Crippen molar-refractivity contribution < 1.29 is 9.47 Å². The lowest BCUT2D eigenvalue weighted by Crippen LogP contribution is -2.39. The van der Waals surface area contributed by atoms with Crippen LogP contribution in [-0.4, -0.2) is 26.6 Å². The van der Waals surface area contributed by atoms with E-state index in [1.165, 1.54) is 9.75 Å². The van der Waals surface area contributed by atoms with Crippen molar-refractivity contribution in [1.82, 2.24) is 5.32 Å². The van der Waals surface area contributed by atoms with E-state index in [2.05, 4.69) is 31.3 Å². The Hall–Kier alpha value is -0.420. The van der Waals surface area contributed by atoms with Crippen LogP contribution in [0.2, 0.25) is 0 Å². The average Bonchev–Trinajstić information content (AvgIpc) is 2.76. The van der Waals surface area contributed by atoms with Crippen LogP contribution in [0.5, 0.6) is 0 Å². The fraction of sp³-hybridized carbons (Fsp3) is 0.667. The Morgan fingerprint density at radius 2 is 1.88 bits per heavy atom. The molecule has 0 aliphatic rings. The summed E-state index contributed by atoms with van der Waals surface area (Å²) in [7, 11) is 3.32. The standard InChI is InChI=1S/C12H21NO2S/c1-5-10-6-7-11(16-10)8-13-9(2)12(14-3)15-4/h6-7,9,12-13H,5,8H2,1-4H3. The highest BCUT2D eigenvalue weighted by Crippen LogP contribution is 2.16. The van der Waals surface area contributed by atoms with Gasteiger partial charge in [-0.1, -0.05) is 6.92 Å². The summed E-state index contributed by atoms with van der Waals surface area (Å²) >= 11 is 1.86. The zero-order chi connectivity index (χ0) is 12.0. The average molecular weight is 243 g/mol. The first kappa shape index (κ1) is 13.6. The van der Waals surface area contributed by atoms with Crippen LogP contribution in [0.3, 0.4) is 0 Å².